The van der Waals surface area contributed by atoms with Crippen molar-refractivity contribution in [3.63, 3.8) is 0 Å². The highest BCUT2D eigenvalue weighted by Crippen LogP contribution is 2.33. The number of hydrogen-bond acceptors (Lipinski definition) is 3. The molecule has 0 aliphatic rings. The molecule has 1 amide bonds. The number of halogens is 1. The number of nitrogens with one attached hydrogen (secondary N) is 3. The Morgan fingerprint density at radius 2 is 1.63 bits per heavy atom. The Labute approximate surface area is 210 Å². The summed E-state index contributed by atoms with van der Waals surface area (Å²) in [6.07, 6.45) is 2.62. The third kappa shape index (κ3) is 4.50. The Balaban J connectivity index is 1.45. The van der Waals surface area contributed by atoms with E-state index in [0.717, 1.165) is 26.5 Å². The van der Waals surface area contributed by atoms with Gasteiger partial charge in [0.05, 0.1) is 11.3 Å². The number of hydrogen-bond donors (Lipinski definition) is 4. The number of ketones is 1. The van der Waals surface area contributed by atoms with Crippen LogP contribution in [-0.4, -0.2) is 28.2 Å². The number of anilines is 1. The summed E-state index contributed by atoms with van der Waals surface area (Å²) < 4.78 is 0.874. The summed E-state index contributed by atoms with van der Waals surface area (Å²) >= 11 is 3.39. The normalized spacial score (nSPS) is 11.0. The fourth-order valence-electron chi connectivity index (χ4n) is 4.30. The summed E-state index contributed by atoms with van der Waals surface area (Å²) in [7, 11) is 0. The van der Waals surface area contributed by atoms with E-state index in [4.69, 9.17) is 5.73 Å². The van der Waals surface area contributed by atoms with Crippen LogP contribution in [0.4, 0.5) is 5.82 Å². The maximum Gasteiger partial charge on any atom is 0.255 e. The second-order valence-corrected chi connectivity index (χ2v) is 9.15. The maximum absolute atomic E-state index is 13.4. The van der Waals surface area contributed by atoms with Crippen LogP contribution in [0, 0.1) is 0 Å². The van der Waals surface area contributed by atoms with Crippen molar-refractivity contribution in [1.82, 2.24) is 15.3 Å². The van der Waals surface area contributed by atoms with Crippen molar-refractivity contribution in [3.8, 4) is 11.1 Å². The number of amides is 1. The third-order valence-corrected chi connectivity index (χ3v) is 6.54. The van der Waals surface area contributed by atoms with E-state index in [1.807, 2.05) is 54.7 Å². The van der Waals surface area contributed by atoms with Gasteiger partial charge in [-0.25, -0.2) is 0 Å². The molecule has 0 spiro atoms. The van der Waals surface area contributed by atoms with E-state index in [9.17, 15) is 9.59 Å². The topological polar surface area (TPSA) is 104 Å². The summed E-state index contributed by atoms with van der Waals surface area (Å²) in [6, 6.07) is 24.5. The third-order valence-electron chi connectivity index (χ3n) is 6.01. The molecule has 0 radical (unpaired) electrons. The van der Waals surface area contributed by atoms with Crippen LogP contribution in [0.1, 0.15) is 32.0 Å². The van der Waals surface area contributed by atoms with Gasteiger partial charge in [-0.05, 0) is 47.9 Å². The number of nitrogen functional groups attached to an aromatic ring is 1. The van der Waals surface area contributed by atoms with Crippen LogP contribution in [0.25, 0.3) is 22.0 Å². The molecule has 0 aliphatic carbocycles. The lowest BCUT2D eigenvalue weighted by Crippen LogP contribution is -2.26. The average Bonchev–Trinajstić information content (AvgIpc) is 3.45. The van der Waals surface area contributed by atoms with Crippen LogP contribution in [0.3, 0.4) is 0 Å². The first-order valence-electron chi connectivity index (χ1n) is 11.2. The molecule has 35 heavy (non-hydrogen) atoms. The van der Waals surface area contributed by atoms with Gasteiger partial charge in [-0.15, -0.1) is 0 Å². The lowest BCUT2D eigenvalue weighted by atomic mass is 9.96. The highest BCUT2D eigenvalue weighted by Gasteiger charge is 2.27. The number of aromatic amines is 2. The minimum Gasteiger partial charge on any atom is -0.385 e. The molecule has 6 nitrogen and oxygen atoms in total. The first kappa shape index (κ1) is 22.7. The van der Waals surface area contributed by atoms with Gasteiger partial charge in [-0.2, -0.15) is 0 Å². The molecule has 0 aliphatic heterocycles. The van der Waals surface area contributed by atoms with Crippen molar-refractivity contribution in [2.24, 2.45) is 0 Å². The Morgan fingerprint density at radius 3 is 2.40 bits per heavy atom. The lowest BCUT2D eigenvalue weighted by Gasteiger charge is -2.09. The smallest absolute Gasteiger partial charge is 0.255 e. The quantitative estimate of drug-likeness (QED) is 0.204. The Bertz CT molecular complexity index is 1520. The number of carbonyl (C=O) groups excluding carboxylic acids is 2. The molecular weight excluding hydrogens is 504 g/mol. The van der Waals surface area contributed by atoms with Gasteiger partial charge in [0.1, 0.15) is 5.82 Å². The van der Waals surface area contributed by atoms with Crippen LogP contribution < -0.4 is 11.1 Å². The largest absolute Gasteiger partial charge is 0.385 e. The molecule has 0 unspecified atom stereocenters. The molecule has 0 atom stereocenters. The fourth-order valence-corrected chi connectivity index (χ4v) is 4.57. The maximum atomic E-state index is 13.4. The summed E-state index contributed by atoms with van der Waals surface area (Å²) in [5.41, 5.74) is 10.8. The second kappa shape index (κ2) is 9.64. The van der Waals surface area contributed by atoms with Crippen LogP contribution in [0.5, 0.6) is 0 Å². The molecule has 2 aromatic heterocycles. The van der Waals surface area contributed by atoms with Crippen molar-refractivity contribution in [2.45, 2.75) is 6.42 Å². The van der Waals surface area contributed by atoms with Crippen molar-refractivity contribution in [2.75, 3.05) is 12.3 Å². The van der Waals surface area contributed by atoms with E-state index in [-0.39, 0.29) is 28.8 Å². The number of nitrogens with two attached hydrogens (primary N) is 1. The molecule has 5 N–H and O–H groups in total. The zero-order chi connectivity index (χ0) is 24.4. The molecule has 0 bridgehead atoms. The average molecular weight is 527 g/mol. The SMILES string of the molecule is Nc1[nH]c(C(=O)c2ccc(Br)cc2)c(-c2ccccc2)c1C(=O)NCCc1c[nH]c2ccccc12. The molecule has 7 heteroatoms. The van der Waals surface area contributed by atoms with Gasteiger partial charge in [0, 0.05) is 39.2 Å². The number of rotatable bonds is 7. The van der Waals surface area contributed by atoms with Gasteiger partial charge in [0.25, 0.3) is 5.91 Å². The second-order valence-electron chi connectivity index (χ2n) is 8.23. The zero-order valence-electron chi connectivity index (χ0n) is 18.8. The lowest BCUT2D eigenvalue weighted by molar-refractivity contribution is 0.0955. The van der Waals surface area contributed by atoms with Gasteiger partial charge in [0.15, 0.2) is 0 Å². The molecule has 0 saturated heterocycles. The molecule has 3 aromatic carbocycles. The van der Waals surface area contributed by atoms with Crippen LogP contribution in [0.15, 0.2) is 89.5 Å². The number of aromatic nitrogens is 2. The summed E-state index contributed by atoms with van der Waals surface area (Å²) in [6.45, 7) is 0.426. The van der Waals surface area contributed by atoms with Crippen molar-refractivity contribution < 1.29 is 9.59 Å². The Kier molecular flexibility index (Phi) is 6.25. The summed E-state index contributed by atoms with van der Waals surface area (Å²) in [5.74, 6) is -0.401. The first-order chi connectivity index (χ1) is 17.0. The van der Waals surface area contributed by atoms with Crippen LogP contribution in [-0.2, 0) is 6.42 Å². The molecular formula is C28H23BrN4O2. The van der Waals surface area contributed by atoms with E-state index in [2.05, 4.69) is 37.3 Å². The molecule has 0 saturated carbocycles. The fraction of sp³-hybridized carbons (Fsp3) is 0.0714. The first-order valence-corrected chi connectivity index (χ1v) is 12.0. The predicted octanol–water partition coefficient (Wildman–Crippen LogP) is 5.71. The number of para-hydroxylation sites is 1. The molecule has 5 rings (SSSR count). The summed E-state index contributed by atoms with van der Waals surface area (Å²) in [4.78, 5) is 33.0. The zero-order valence-corrected chi connectivity index (χ0v) is 20.4. The Hall–Kier alpha value is -4.10. The van der Waals surface area contributed by atoms with E-state index in [0.29, 0.717) is 24.1 Å². The number of benzene rings is 3. The van der Waals surface area contributed by atoms with Gasteiger partial charge >= 0.3 is 0 Å². The van der Waals surface area contributed by atoms with E-state index >= 15 is 0 Å². The van der Waals surface area contributed by atoms with Gasteiger partial charge < -0.3 is 21.0 Å². The number of carbonyl (C=O) groups is 2. The van der Waals surface area contributed by atoms with Crippen molar-refractivity contribution in [3.05, 3.63) is 112 Å². The summed E-state index contributed by atoms with van der Waals surface area (Å²) in [5, 5.41) is 4.12. The Morgan fingerprint density at radius 1 is 0.914 bits per heavy atom. The highest BCUT2D eigenvalue weighted by molar-refractivity contribution is 9.10. The standard InChI is InChI=1S/C28H23BrN4O2/c29-20-12-10-18(11-13-20)26(34)25-23(17-6-2-1-3-7-17)24(27(30)33-25)28(35)31-15-14-19-16-32-22-9-5-4-8-21(19)22/h1-13,16,32-33H,14-15,30H2,(H,31,35). The highest BCUT2D eigenvalue weighted by atomic mass is 79.9. The van der Waals surface area contributed by atoms with E-state index in [1.165, 1.54) is 0 Å². The van der Waals surface area contributed by atoms with Gasteiger partial charge in [0.2, 0.25) is 5.78 Å². The molecule has 0 fully saturated rings. The predicted molar refractivity (Wildman–Crippen MR) is 143 cm³/mol. The van der Waals surface area contributed by atoms with Crippen molar-refractivity contribution >= 4 is 44.3 Å². The number of fused-ring (bicyclic) bond motifs is 1. The number of H-pyrrole nitrogens is 2. The minimum atomic E-state index is -0.327. The van der Waals surface area contributed by atoms with Gasteiger partial charge in [-0.1, -0.05) is 64.5 Å². The van der Waals surface area contributed by atoms with E-state index < -0.39 is 0 Å². The minimum absolute atomic E-state index is 0.161. The van der Waals surface area contributed by atoms with Crippen molar-refractivity contribution in [1.29, 1.82) is 0 Å². The van der Waals surface area contributed by atoms with Crippen LogP contribution in [0.2, 0.25) is 0 Å². The molecule has 2 heterocycles. The molecule has 174 valence electrons. The molecule has 5 aromatic rings. The van der Waals surface area contributed by atoms with Crippen LogP contribution >= 0.6 is 15.9 Å². The monoisotopic (exact) mass is 526 g/mol. The van der Waals surface area contributed by atoms with E-state index in [1.54, 1.807) is 24.3 Å². The van der Waals surface area contributed by atoms with Gasteiger partial charge in [-0.3, -0.25) is 9.59 Å².